The summed E-state index contributed by atoms with van der Waals surface area (Å²) in [4.78, 5) is 23.6. The van der Waals surface area contributed by atoms with Crippen LogP contribution in [0.1, 0.15) is 31.9 Å². The molecule has 0 aliphatic rings. The van der Waals surface area contributed by atoms with Crippen LogP contribution in [0.2, 0.25) is 0 Å². The lowest BCUT2D eigenvalue weighted by molar-refractivity contribution is -0.140. The van der Waals surface area contributed by atoms with Gasteiger partial charge >= 0.3 is 11.8 Å². The number of carbonyl (C=O) groups excluding carboxylic acids is 2. The molecule has 0 aliphatic heterocycles. The quantitative estimate of drug-likeness (QED) is 0.664. The van der Waals surface area contributed by atoms with Crippen LogP contribution in [-0.2, 0) is 9.59 Å². The van der Waals surface area contributed by atoms with E-state index in [0.29, 0.717) is 6.42 Å². The van der Waals surface area contributed by atoms with E-state index < -0.39 is 17.4 Å². The standard InChI is InChI=1S/C16H24N2O3S/c1-12(13-7-5-4-6-8-13)18-15(20)14(19)17-11-16(2,21)9-10-22-3/h4-8,12,21H,9-11H2,1-3H3,(H,17,19)(H,18,20)/t12-,16+/m1/s1. The Balaban J connectivity index is 2.44. The second kappa shape index (κ2) is 8.80. The van der Waals surface area contributed by atoms with Gasteiger partial charge in [0, 0.05) is 6.54 Å². The largest absolute Gasteiger partial charge is 0.388 e. The number of rotatable bonds is 7. The minimum atomic E-state index is -1.01. The summed E-state index contributed by atoms with van der Waals surface area (Å²) in [6.45, 7) is 3.52. The van der Waals surface area contributed by atoms with Crippen LogP contribution < -0.4 is 10.6 Å². The molecule has 122 valence electrons. The molecular weight excluding hydrogens is 300 g/mol. The van der Waals surface area contributed by atoms with E-state index in [4.69, 9.17) is 0 Å². The zero-order valence-corrected chi connectivity index (χ0v) is 14.1. The summed E-state index contributed by atoms with van der Waals surface area (Å²) >= 11 is 1.62. The van der Waals surface area contributed by atoms with Gasteiger partial charge in [-0.15, -0.1) is 0 Å². The van der Waals surface area contributed by atoms with Crippen molar-refractivity contribution in [1.82, 2.24) is 10.6 Å². The van der Waals surface area contributed by atoms with Crippen molar-refractivity contribution in [1.29, 1.82) is 0 Å². The summed E-state index contributed by atoms with van der Waals surface area (Å²) in [5.74, 6) is -0.635. The van der Waals surface area contributed by atoms with Crippen molar-refractivity contribution in [3.05, 3.63) is 35.9 Å². The predicted molar refractivity (Wildman–Crippen MR) is 89.6 cm³/mol. The van der Waals surface area contributed by atoms with E-state index in [1.807, 2.05) is 43.5 Å². The predicted octanol–water partition coefficient (Wildman–Crippen LogP) is 1.48. The topological polar surface area (TPSA) is 78.4 Å². The molecule has 5 nitrogen and oxygen atoms in total. The number of thioether (sulfide) groups is 1. The first-order valence-electron chi connectivity index (χ1n) is 7.20. The minimum absolute atomic E-state index is 0.0551. The zero-order chi connectivity index (χ0) is 16.6. The van der Waals surface area contributed by atoms with Crippen LogP contribution in [0.4, 0.5) is 0 Å². The van der Waals surface area contributed by atoms with Crippen molar-refractivity contribution < 1.29 is 14.7 Å². The molecule has 0 saturated carbocycles. The molecule has 6 heteroatoms. The number of hydrogen-bond donors (Lipinski definition) is 3. The maximum atomic E-state index is 11.8. The van der Waals surface area contributed by atoms with Crippen molar-refractivity contribution in [2.24, 2.45) is 0 Å². The molecule has 0 aliphatic carbocycles. The second-order valence-corrected chi connectivity index (χ2v) is 6.51. The first kappa shape index (κ1) is 18.5. The van der Waals surface area contributed by atoms with Crippen molar-refractivity contribution in [3.8, 4) is 0 Å². The van der Waals surface area contributed by atoms with E-state index in [2.05, 4.69) is 10.6 Å². The Kier molecular flexibility index (Phi) is 7.41. The molecule has 2 amide bonds. The Morgan fingerprint density at radius 1 is 1.27 bits per heavy atom. The van der Waals surface area contributed by atoms with Crippen LogP contribution in [0.5, 0.6) is 0 Å². The fourth-order valence-corrected chi connectivity index (χ4v) is 2.49. The van der Waals surface area contributed by atoms with Crippen molar-refractivity contribution in [3.63, 3.8) is 0 Å². The molecular formula is C16H24N2O3S. The van der Waals surface area contributed by atoms with Crippen LogP contribution in [-0.4, -0.2) is 41.1 Å². The first-order chi connectivity index (χ1) is 10.4. The molecule has 2 atom stereocenters. The molecule has 0 bridgehead atoms. The van der Waals surface area contributed by atoms with Gasteiger partial charge in [-0.25, -0.2) is 0 Å². The fourth-order valence-electron chi connectivity index (χ4n) is 1.85. The summed E-state index contributed by atoms with van der Waals surface area (Å²) in [5, 5.41) is 15.2. The van der Waals surface area contributed by atoms with E-state index in [1.165, 1.54) is 0 Å². The third-order valence-electron chi connectivity index (χ3n) is 3.33. The van der Waals surface area contributed by atoms with Gasteiger partial charge in [0.1, 0.15) is 0 Å². The SMILES string of the molecule is CSCC[C@](C)(O)CNC(=O)C(=O)N[C@H](C)c1ccccc1. The number of nitrogens with one attached hydrogen (secondary N) is 2. The summed E-state index contributed by atoms with van der Waals surface area (Å²) in [5.41, 5.74) is -0.0834. The van der Waals surface area contributed by atoms with Gasteiger partial charge in [-0.1, -0.05) is 30.3 Å². The molecule has 0 fully saturated rings. The van der Waals surface area contributed by atoms with Crippen LogP contribution in [0, 0.1) is 0 Å². The number of benzene rings is 1. The third-order valence-corrected chi connectivity index (χ3v) is 3.94. The van der Waals surface area contributed by atoms with Crippen LogP contribution in [0.25, 0.3) is 0 Å². The Morgan fingerprint density at radius 3 is 2.50 bits per heavy atom. The normalized spacial score (nSPS) is 14.7. The van der Waals surface area contributed by atoms with E-state index in [-0.39, 0.29) is 12.6 Å². The Bertz CT molecular complexity index is 491. The monoisotopic (exact) mass is 324 g/mol. The summed E-state index contributed by atoms with van der Waals surface area (Å²) < 4.78 is 0. The second-order valence-electron chi connectivity index (χ2n) is 5.53. The zero-order valence-electron chi connectivity index (χ0n) is 13.3. The molecule has 1 rings (SSSR count). The number of amides is 2. The lowest BCUT2D eigenvalue weighted by Crippen LogP contribution is -2.47. The summed E-state index contributed by atoms with van der Waals surface area (Å²) in [6.07, 6.45) is 2.50. The Hall–Kier alpha value is -1.53. The average Bonchev–Trinajstić information content (AvgIpc) is 2.51. The molecule has 0 radical (unpaired) electrons. The lowest BCUT2D eigenvalue weighted by atomic mass is 10.0. The molecule has 1 aromatic rings. The summed E-state index contributed by atoms with van der Waals surface area (Å²) in [7, 11) is 0. The van der Waals surface area contributed by atoms with E-state index in [9.17, 15) is 14.7 Å². The Labute approximate surface area is 135 Å². The van der Waals surface area contributed by atoms with Gasteiger partial charge in [-0.2, -0.15) is 11.8 Å². The highest BCUT2D eigenvalue weighted by Gasteiger charge is 2.23. The van der Waals surface area contributed by atoms with Crippen molar-refractivity contribution >= 4 is 23.6 Å². The molecule has 0 spiro atoms. The van der Waals surface area contributed by atoms with Gasteiger partial charge in [-0.05, 0) is 37.8 Å². The van der Waals surface area contributed by atoms with Gasteiger partial charge in [0.05, 0.1) is 11.6 Å². The lowest BCUT2D eigenvalue weighted by Gasteiger charge is -2.23. The van der Waals surface area contributed by atoms with Gasteiger partial charge in [0.2, 0.25) is 0 Å². The molecule has 3 N–H and O–H groups in total. The maximum absolute atomic E-state index is 11.8. The number of carbonyl (C=O) groups is 2. The van der Waals surface area contributed by atoms with Gasteiger partial charge in [0.15, 0.2) is 0 Å². The molecule has 0 aromatic heterocycles. The highest BCUT2D eigenvalue weighted by molar-refractivity contribution is 7.98. The van der Waals surface area contributed by atoms with E-state index in [0.717, 1.165) is 11.3 Å². The van der Waals surface area contributed by atoms with E-state index in [1.54, 1.807) is 18.7 Å². The van der Waals surface area contributed by atoms with Gasteiger partial charge in [-0.3, -0.25) is 9.59 Å². The highest BCUT2D eigenvalue weighted by atomic mass is 32.2. The first-order valence-corrected chi connectivity index (χ1v) is 8.60. The third kappa shape index (κ3) is 6.49. The molecule has 1 aromatic carbocycles. The molecule has 0 saturated heterocycles. The van der Waals surface area contributed by atoms with Crippen molar-refractivity contribution in [2.45, 2.75) is 31.9 Å². The average molecular weight is 324 g/mol. The minimum Gasteiger partial charge on any atom is -0.388 e. The van der Waals surface area contributed by atoms with Crippen LogP contribution >= 0.6 is 11.8 Å². The molecule has 0 heterocycles. The van der Waals surface area contributed by atoms with Crippen LogP contribution in [0.3, 0.4) is 0 Å². The van der Waals surface area contributed by atoms with Gasteiger partial charge in [0.25, 0.3) is 0 Å². The summed E-state index contributed by atoms with van der Waals surface area (Å²) in [6, 6.07) is 9.16. The molecule has 22 heavy (non-hydrogen) atoms. The number of hydrogen-bond acceptors (Lipinski definition) is 4. The maximum Gasteiger partial charge on any atom is 0.309 e. The molecule has 0 unspecified atom stereocenters. The van der Waals surface area contributed by atoms with Gasteiger partial charge < -0.3 is 15.7 Å². The fraction of sp³-hybridized carbons (Fsp3) is 0.500. The van der Waals surface area contributed by atoms with Crippen LogP contribution in [0.15, 0.2) is 30.3 Å². The van der Waals surface area contributed by atoms with Crippen molar-refractivity contribution in [2.75, 3.05) is 18.6 Å². The highest BCUT2D eigenvalue weighted by Crippen LogP contribution is 2.12. The van der Waals surface area contributed by atoms with E-state index >= 15 is 0 Å². The number of aliphatic hydroxyl groups is 1. The Morgan fingerprint density at radius 2 is 1.91 bits per heavy atom. The smallest absolute Gasteiger partial charge is 0.309 e.